The Kier molecular flexibility index (Phi) is 9.81. The zero-order valence-electron chi connectivity index (χ0n) is 21.1. The van der Waals surface area contributed by atoms with Gasteiger partial charge in [-0.15, -0.1) is 0 Å². The molecule has 0 spiro atoms. The minimum Gasteiger partial charge on any atom is -0.423 e. The van der Waals surface area contributed by atoms with E-state index in [2.05, 4.69) is 10.2 Å². The maximum absolute atomic E-state index is 12.9. The number of likely N-dealkylation sites (N-methyl/N-ethyl adjacent to an activating group) is 1. The quantitative estimate of drug-likeness (QED) is 0.180. The van der Waals surface area contributed by atoms with Gasteiger partial charge in [-0.2, -0.15) is 13.2 Å². The third kappa shape index (κ3) is 7.21. The standard InChI is InChI=1S/C24H27BN4O4.C2HF3O/c1-28(15-16-5-2-3-8-20(16)25(32)33)14-12-27-21-10-9-19-22-17(21)6-4-7-18(22)23(30)29(13-11-26)24(19)31;3-2(4,5)1-6/h2-10,27,32-33H,11-15,26H2,1H3;1H. The van der Waals surface area contributed by atoms with Gasteiger partial charge in [-0.25, -0.2) is 0 Å². The molecule has 4 rings (SSSR count). The molecule has 0 radical (unpaired) electrons. The minimum atomic E-state index is -4.64. The van der Waals surface area contributed by atoms with Gasteiger partial charge in [0.05, 0.1) is 0 Å². The van der Waals surface area contributed by atoms with Gasteiger partial charge in [0.15, 0.2) is 0 Å². The van der Waals surface area contributed by atoms with Crippen LogP contribution in [0.2, 0.25) is 0 Å². The summed E-state index contributed by atoms with van der Waals surface area (Å²) in [6.45, 7) is 2.30. The molecule has 1 aliphatic rings. The van der Waals surface area contributed by atoms with Gasteiger partial charge in [0, 0.05) is 60.3 Å². The summed E-state index contributed by atoms with van der Waals surface area (Å²) < 4.78 is 31.2. The third-order valence-corrected chi connectivity index (χ3v) is 6.06. The maximum atomic E-state index is 12.9. The Morgan fingerprint density at radius 3 is 2.28 bits per heavy atom. The lowest BCUT2D eigenvalue weighted by Gasteiger charge is -2.27. The summed E-state index contributed by atoms with van der Waals surface area (Å²) in [7, 11) is 0.458. The van der Waals surface area contributed by atoms with Crippen molar-refractivity contribution in [3.8, 4) is 0 Å². The number of rotatable bonds is 9. The number of nitrogens with one attached hydrogen (secondary N) is 1. The number of nitrogens with two attached hydrogens (primary N) is 1. The second-order valence-electron chi connectivity index (χ2n) is 8.84. The summed E-state index contributed by atoms with van der Waals surface area (Å²) in [6, 6.07) is 16.3. The van der Waals surface area contributed by atoms with Gasteiger partial charge in [0.1, 0.15) is 0 Å². The van der Waals surface area contributed by atoms with E-state index in [1.54, 1.807) is 24.3 Å². The molecule has 0 saturated heterocycles. The van der Waals surface area contributed by atoms with E-state index in [4.69, 9.17) is 10.5 Å². The van der Waals surface area contributed by atoms with E-state index in [0.29, 0.717) is 41.6 Å². The Morgan fingerprint density at radius 1 is 1.03 bits per heavy atom. The molecule has 3 aromatic rings. The Morgan fingerprint density at radius 2 is 1.67 bits per heavy atom. The van der Waals surface area contributed by atoms with Gasteiger partial charge in [-0.1, -0.05) is 36.4 Å². The molecule has 3 aromatic carbocycles. The maximum Gasteiger partial charge on any atom is 0.488 e. The summed E-state index contributed by atoms with van der Waals surface area (Å²) in [5.74, 6) is -0.629. The van der Waals surface area contributed by atoms with Crippen LogP contribution in [0.3, 0.4) is 0 Å². The smallest absolute Gasteiger partial charge is 0.423 e. The van der Waals surface area contributed by atoms with Crippen LogP contribution in [0.4, 0.5) is 18.9 Å². The molecule has 13 heteroatoms. The van der Waals surface area contributed by atoms with Crippen LogP contribution >= 0.6 is 0 Å². The van der Waals surface area contributed by atoms with E-state index in [-0.39, 0.29) is 24.9 Å². The van der Waals surface area contributed by atoms with Crippen molar-refractivity contribution in [3.63, 3.8) is 0 Å². The van der Waals surface area contributed by atoms with E-state index in [1.165, 1.54) is 4.90 Å². The Labute approximate surface area is 223 Å². The zero-order chi connectivity index (χ0) is 28.7. The lowest BCUT2D eigenvalue weighted by Crippen LogP contribution is -2.43. The first kappa shape index (κ1) is 29.8. The Hall–Kier alpha value is -3.78. The van der Waals surface area contributed by atoms with Gasteiger partial charge in [0.25, 0.3) is 11.8 Å². The van der Waals surface area contributed by atoms with Crippen molar-refractivity contribution in [2.45, 2.75) is 12.7 Å². The molecule has 9 nitrogen and oxygen atoms in total. The molecule has 5 N–H and O–H groups in total. The topological polar surface area (TPSA) is 136 Å². The second kappa shape index (κ2) is 12.8. The second-order valence-corrected chi connectivity index (χ2v) is 8.84. The number of nitrogens with zero attached hydrogens (tertiary/aromatic N) is 2. The monoisotopic (exact) mass is 544 g/mol. The minimum absolute atomic E-state index is 0.191. The predicted octanol–water partition coefficient (Wildman–Crippen LogP) is 1.37. The number of benzene rings is 3. The number of carbonyl (C=O) groups excluding carboxylic acids is 3. The van der Waals surface area contributed by atoms with E-state index < -0.39 is 19.6 Å². The van der Waals surface area contributed by atoms with Crippen LogP contribution in [0.15, 0.2) is 54.6 Å². The summed E-state index contributed by atoms with van der Waals surface area (Å²) in [5, 5.41) is 24.0. The molecule has 0 bridgehead atoms. The molecule has 0 saturated carbocycles. The van der Waals surface area contributed by atoms with Crippen molar-refractivity contribution >= 4 is 47.1 Å². The summed E-state index contributed by atoms with van der Waals surface area (Å²) >= 11 is 0. The van der Waals surface area contributed by atoms with Gasteiger partial charge < -0.3 is 26.0 Å². The van der Waals surface area contributed by atoms with Gasteiger partial charge in [-0.3, -0.25) is 19.3 Å². The molecule has 39 heavy (non-hydrogen) atoms. The van der Waals surface area contributed by atoms with Crippen LogP contribution in [0.1, 0.15) is 26.3 Å². The largest absolute Gasteiger partial charge is 0.488 e. The fourth-order valence-electron chi connectivity index (χ4n) is 4.31. The molecule has 0 atom stereocenters. The van der Waals surface area contributed by atoms with Crippen LogP contribution in [-0.4, -0.2) is 84.5 Å². The predicted molar refractivity (Wildman–Crippen MR) is 142 cm³/mol. The number of amides is 2. The van der Waals surface area contributed by atoms with Crippen molar-refractivity contribution in [2.75, 3.05) is 38.5 Å². The first-order valence-corrected chi connectivity index (χ1v) is 12.0. The molecule has 0 fully saturated rings. The summed E-state index contributed by atoms with van der Waals surface area (Å²) in [5.41, 5.74) is 8.82. The Bertz CT molecular complexity index is 1330. The number of carbonyl (C=O) groups is 3. The van der Waals surface area contributed by atoms with Crippen LogP contribution in [0, 0.1) is 0 Å². The molecular formula is C26H28BF3N4O5. The fourth-order valence-corrected chi connectivity index (χ4v) is 4.31. The van der Waals surface area contributed by atoms with Crippen molar-refractivity contribution in [3.05, 3.63) is 71.3 Å². The summed E-state index contributed by atoms with van der Waals surface area (Å²) in [6.07, 6.45) is -5.70. The fraction of sp³-hybridized carbons (Fsp3) is 0.269. The number of halogens is 3. The third-order valence-electron chi connectivity index (χ3n) is 6.06. The number of hydrogen-bond acceptors (Lipinski definition) is 8. The van der Waals surface area contributed by atoms with Crippen molar-refractivity contribution in [1.29, 1.82) is 0 Å². The first-order chi connectivity index (χ1) is 18.5. The highest BCUT2D eigenvalue weighted by Gasteiger charge is 2.32. The first-order valence-electron chi connectivity index (χ1n) is 12.0. The highest BCUT2D eigenvalue weighted by atomic mass is 19.4. The highest BCUT2D eigenvalue weighted by Crippen LogP contribution is 2.34. The molecule has 206 valence electrons. The van der Waals surface area contributed by atoms with E-state index in [0.717, 1.165) is 16.6 Å². The number of anilines is 1. The number of imide groups is 1. The van der Waals surface area contributed by atoms with Crippen LogP contribution in [-0.2, 0) is 11.3 Å². The van der Waals surface area contributed by atoms with Crippen LogP contribution in [0.25, 0.3) is 10.8 Å². The average molecular weight is 544 g/mol. The lowest BCUT2D eigenvalue weighted by atomic mass is 9.77. The molecule has 2 amide bonds. The van der Waals surface area contributed by atoms with Crippen molar-refractivity contribution < 1.29 is 37.6 Å². The normalized spacial score (nSPS) is 12.9. The average Bonchev–Trinajstić information content (AvgIpc) is 2.90. The van der Waals surface area contributed by atoms with Crippen LogP contribution in [0.5, 0.6) is 0 Å². The van der Waals surface area contributed by atoms with Gasteiger partial charge >= 0.3 is 13.3 Å². The lowest BCUT2D eigenvalue weighted by molar-refractivity contribution is -0.156. The SMILES string of the molecule is CN(CCNc1ccc2c3c(cccc13)C(=O)N(CCN)C2=O)Cc1ccccc1B(O)O.O=CC(F)(F)F. The highest BCUT2D eigenvalue weighted by molar-refractivity contribution is 6.59. The Balaban J connectivity index is 0.000000631. The van der Waals surface area contributed by atoms with Gasteiger partial charge in [-0.05, 0) is 36.3 Å². The molecule has 1 heterocycles. The van der Waals surface area contributed by atoms with E-state index in [1.807, 2.05) is 37.4 Å². The summed E-state index contributed by atoms with van der Waals surface area (Å²) in [4.78, 5) is 37.7. The molecule has 0 aliphatic carbocycles. The van der Waals surface area contributed by atoms with Gasteiger partial charge in [0.2, 0.25) is 6.29 Å². The number of alkyl halides is 3. The molecular weight excluding hydrogens is 516 g/mol. The van der Waals surface area contributed by atoms with Crippen LogP contribution < -0.4 is 16.5 Å². The van der Waals surface area contributed by atoms with Crippen molar-refractivity contribution in [1.82, 2.24) is 9.80 Å². The zero-order valence-corrected chi connectivity index (χ0v) is 21.1. The van der Waals surface area contributed by atoms with E-state index >= 15 is 0 Å². The molecule has 0 unspecified atom stereocenters. The van der Waals surface area contributed by atoms with Crippen molar-refractivity contribution in [2.24, 2.45) is 5.73 Å². The number of hydrogen-bond donors (Lipinski definition) is 4. The molecule has 0 aromatic heterocycles. The number of aldehydes is 1. The van der Waals surface area contributed by atoms with E-state index in [9.17, 15) is 32.8 Å². The molecule has 1 aliphatic heterocycles.